The smallest absolute Gasteiger partial charge is 0.843 e. The third kappa shape index (κ3) is 97.0. The van der Waals surface area contributed by atoms with Gasteiger partial charge in [-0.3, -0.25) is 0 Å². The zero-order chi connectivity index (χ0) is 11.4. The summed E-state index contributed by atoms with van der Waals surface area (Å²) >= 11 is 4.44. The Balaban J connectivity index is -0.0000000553. The van der Waals surface area contributed by atoms with E-state index < -0.39 is 25.3 Å². The molecule has 0 atom stereocenters. The van der Waals surface area contributed by atoms with Crippen LogP contribution in [0.1, 0.15) is 0 Å². The number of carbonyl (C=O) groups is 2. The summed E-state index contributed by atoms with van der Waals surface area (Å²) in [5, 5.41) is 45.0. The van der Waals surface area contributed by atoms with Crippen molar-refractivity contribution in [3.63, 3.8) is 0 Å². The molecular formula is C3H7BClLiO8. The number of hydrogen-bond acceptors (Lipinski definition) is 6. The summed E-state index contributed by atoms with van der Waals surface area (Å²) in [5.41, 5.74) is 0. The first-order chi connectivity index (χ1) is 5.79. The Morgan fingerprint density at radius 2 is 1.21 bits per heavy atom. The van der Waals surface area contributed by atoms with Gasteiger partial charge in [-0.2, -0.15) is 0 Å². The van der Waals surface area contributed by atoms with Crippen LogP contribution in [0.25, 0.3) is 0 Å². The maximum atomic E-state index is 9.10. The molecule has 0 aliphatic rings. The third-order valence-electron chi connectivity index (χ3n) is 0.183. The van der Waals surface area contributed by atoms with Crippen LogP contribution in [0.15, 0.2) is 0 Å². The van der Waals surface area contributed by atoms with Gasteiger partial charge in [0.25, 0.3) is 0 Å². The van der Waals surface area contributed by atoms with Crippen molar-refractivity contribution in [2.24, 2.45) is 0 Å². The van der Waals surface area contributed by atoms with E-state index in [2.05, 4.69) is 11.6 Å². The first kappa shape index (κ1) is 23.5. The van der Waals surface area contributed by atoms with E-state index in [0.29, 0.717) is 0 Å². The van der Waals surface area contributed by atoms with Gasteiger partial charge in [0.05, 0.1) is 0 Å². The normalized spacial score (nSPS) is 6.36. The third-order valence-corrected chi connectivity index (χ3v) is 0.183. The van der Waals surface area contributed by atoms with Crippen molar-refractivity contribution >= 4 is 30.9 Å². The van der Waals surface area contributed by atoms with Crippen molar-refractivity contribution in [2.75, 3.05) is 6.07 Å². The molecule has 0 aromatic carbocycles. The zero-order valence-electron chi connectivity index (χ0n) is 7.12. The van der Waals surface area contributed by atoms with E-state index in [0.717, 1.165) is 0 Å². The van der Waals surface area contributed by atoms with Crippen LogP contribution >= 0.6 is 11.6 Å². The van der Waals surface area contributed by atoms with Crippen LogP contribution in [-0.4, -0.2) is 50.6 Å². The van der Waals surface area contributed by atoms with Gasteiger partial charge in [-0.15, -0.1) is 11.6 Å². The van der Waals surface area contributed by atoms with E-state index in [9.17, 15) is 0 Å². The van der Waals surface area contributed by atoms with Gasteiger partial charge < -0.3 is 30.4 Å². The van der Waals surface area contributed by atoms with E-state index >= 15 is 0 Å². The van der Waals surface area contributed by atoms with Gasteiger partial charge in [0.15, 0.2) is 0 Å². The van der Waals surface area contributed by atoms with Gasteiger partial charge in [0.1, 0.15) is 0 Å². The molecule has 5 N–H and O–H groups in total. The second-order valence-electron chi connectivity index (χ2n) is 1.07. The second-order valence-corrected chi connectivity index (χ2v) is 1.28. The molecule has 0 rings (SSSR count). The molecule has 0 radical (unpaired) electrons. The van der Waals surface area contributed by atoms with Crippen molar-refractivity contribution in [1.82, 2.24) is 0 Å². The van der Waals surface area contributed by atoms with Gasteiger partial charge in [-0.05, 0) is 0 Å². The summed E-state index contributed by atoms with van der Waals surface area (Å²) in [5.74, 6) is -3.65. The second kappa shape index (κ2) is 18.5. The number of alkyl halides is 1. The number of aliphatic carboxylic acids is 2. The predicted octanol–water partition coefficient (Wildman–Crippen LogP) is -6.35. The maximum absolute atomic E-state index is 9.10. The Labute approximate surface area is 96.1 Å². The molecule has 8 nitrogen and oxygen atoms in total. The number of hydrogen-bond donors (Lipinski definition) is 5. The molecule has 0 saturated heterocycles. The van der Waals surface area contributed by atoms with Crippen LogP contribution in [0, 0.1) is 0 Å². The summed E-state index contributed by atoms with van der Waals surface area (Å²) < 4.78 is 0. The fourth-order valence-corrected chi connectivity index (χ4v) is 0. The van der Waals surface area contributed by atoms with E-state index in [-0.39, 0.29) is 18.9 Å². The first-order valence-corrected chi connectivity index (χ1v) is 2.97. The van der Waals surface area contributed by atoms with Crippen molar-refractivity contribution in [3.05, 3.63) is 0 Å². The van der Waals surface area contributed by atoms with Crippen molar-refractivity contribution in [3.8, 4) is 0 Å². The molecule has 0 amide bonds. The number of carboxylic acid groups (broad SMARTS) is 2. The molecule has 0 heterocycles. The van der Waals surface area contributed by atoms with Gasteiger partial charge in [0.2, 0.25) is 0 Å². The van der Waals surface area contributed by atoms with Crippen LogP contribution < -0.4 is 24.0 Å². The van der Waals surface area contributed by atoms with Gasteiger partial charge >= 0.3 is 38.1 Å². The van der Waals surface area contributed by atoms with Crippen LogP contribution in [0.2, 0.25) is 0 Å². The van der Waals surface area contributed by atoms with Crippen LogP contribution in [0.4, 0.5) is 0 Å². The van der Waals surface area contributed by atoms with Crippen molar-refractivity contribution < 1.29 is 58.8 Å². The zero-order valence-corrected chi connectivity index (χ0v) is 7.88. The Bertz CT molecular complexity index is 128. The van der Waals surface area contributed by atoms with E-state index in [1.807, 2.05) is 0 Å². The van der Waals surface area contributed by atoms with Gasteiger partial charge in [0, 0.05) is 0 Å². The quantitative estimate of drug-likeness (QED) is 0.154. The van der Waals surface area contributed by atoms with Crippen LogP contribution in [0.5, 0.6) is 0 Å². The summed E-state index contributed by atoms with van der Waals surface area (Å²) in [7, 11) is -2.17. The Morgan fingerprint density at radius 1 is 1.14 bits per heavy atom. The minimum absolute atomic E-state index is 0. The number of carboxylic acids is 2. The Kier molecular flexibility index (Phi) is 31.1. The van der Waals surface area contributed by atoms with E-state index in [4.69, 9.17) is 40.0 Å². The molecule has 11 heteroatoms. The van der Waals surface area contributed by atoms with Gasteiger partial charge in [-0.1, -0.05) is 6.07 Å². The molecular weight excluding hydrogens is 217 g/mol. The molecule has 0 aliphatic heterocycles. The van der Waals surface area contributed by atoms with Gasteiger partial charge in [-0.25, -0.2) is 9.59 Å². The minimum Gasteiger partial charge on any atom is -0.843 e. The monoisotopic (exact) mass is 224 g/mol. The fraction of sp³-hybridized carbons (Fsp3) is 0.333. The molecule has 0 aromatic heterocycles. The molecule has 0 saturated carbocycles. The van der Waals surface area contributed by atoms with Crippen LogP contribution in [-0.2, 0) is 9.59 Å². The molecule has 0 aliphatic carbocycles. The number of rotatable bonds is 0. The summed E-state index contributed by atoms with van der Waals surface area (Å²) in [6.07, 6.45) is 0. The molecule has 0 unspecified atom stereocenters. The topological polar surface area (TPSA) is 158 Å². The van der Waals surface area contributed by atoms with E-state index in [1.165, 1.54) is 0 Å². The van der Waals surface area contributed by atoms with Crippen molar-refractivity contribution in [1.29, 1.82) is 0 Å². The SMILES string of the molecule is O=C(O)C(=O)O.OB(O)O.[Li+].[O-]CCl. The first-order valence-electron chi connectivity index (χ1n) is 2.44. The number of halogens is 1. The molecule has 0 bridgehead atoms. The fourth-order valence-electron chi connectivity index (χ4n) is 0. The maximum Gasteiger partial charge on any atom is 1.00 e. The molecule has 0 spiro atoms. The Hall–Kier alpha value is -0.268. The minimum atomic E-state index is -2.17. The summed E-state index contributed by atoms with van der Waals surface area (Å²) in [6.45, 7) is 0. The molecule has 78 valence electrons. The molecule has 0 aromatic rings. The molecule has 14 heavy (non-hydrogen) atoms. The average molecular weight is 224 g/mol. The largest absolute Gasteiger partial charge is 1.00 e. The average Bonchev–Trinajstić information content (AvgIpc) is 1.87. The van der Waals surface area contributed by atoms with Crippen molar-refractivity contribution in [2.45, 2.75) is 0 Å². The predicted molar refractivity (Wildman–Crippen MR) is 38.4 cm³/mol. The summed E-state index contributed by atoms with van der Waals surface area (Å²) in [4.78, 5) is 18.2. The van der Waals surface area contributed by atoms with E-state index in [1.54, 1.807) is 0 Å². The van der Waals surface area contributed by atoms with Crippen LogP contribution in [0.3, 0.4) is 0 Å². The molecule has 0 fully saturated rings. The Morgan fingerprint density at radius 3 is 1.21 bits per heavy atom. The summed E-state index contributed by atoms with van der Waals surface area (Å²) in [6, 6.07) is -0.528. The standard InChI is InChI=1S/C2H2O4.CH2ClO.BH3O3.Li/c3-1(4)2(5)6;2-1-3;2-1(3)4;/h(H,3,4)(H,5,6);1H2;2-4H;/q;-1;;+1.